The van der Waals surface area contributed by atoms with E-state index in [1.54, 1.807) is 13.3 Å². The highest BCUT2D eigenvalue weighted by Crippen LogP contribution is 2.12. The number of nitrogens with one attached hydrogen (secondary N) is 1. The molecule has 0 unspecified atom stereocenters. The van der Waals surface area contributed by atoms with Gasteiger partial charge in [0.1, 0.15) is 0 Å². The Balaban J connectivity index is 2.12. The summed E-state index contributed by atoms with van der Waals surface area (Å²) in [7, 11) is 1.70. The van der Waals surface area contributed by atoms with Crippen LogP contribution in [-0.2, 0) is 17.9 Å². The summed E-state index contributed by atoms with van der Waals surface area (Å²) >= 11 is 0. The van der Waals surface area contributed by atoms with Crippen LogP contribution in [0.5, 0.6) is 0 Å². The largest absolute Gasteiger partial charge is 0.380 e. The van der Waals surface area contributed by atoms with E-state index in [9.17, 15) is 0 Å². The third-order valence-corrected chi connectivity index (χ3v) is 2.94. The van der Waals surface area contributed by atoms with Crippen LogP contribution in [-0.4, -0.2) is 28.6 Å². The maximum absolute atomic E-state index is 5.16. The van der Waals surface area contributed by atoms with Crippen LogP contribution >= 0.6 is 0 Å². The fourth-order valence-corrected chi connectivity index (χ4v) is 2.03. The summed E-state index contributed by atoms with van der Waals surface area (Å²) in [6.45, 7) is 6.73. The molecule has 0 amide bonds. The van der Waals surface area contributed by atoms with Crippen molar-refractivity contribution in [1.29, 1.82) is 0 Å². The van der Waals surface area contributed by atoms with Gasteiger partial charge in [-0.1, -0.05) is 31.2 Å². The average molecular weight is 274 g/mol. The molecule has 0 aliphatic heterocycles. The van der Waals surface area contributed by atoms with Crippen LogP contribution in [0.15, 0.2) is 30.5 Å². The Hall–Kier alpha value is -1.72. The molecule has 0 aliphatic rings. The van der Waals surface area contributed by atoms with E-state index in [2.05, 4.69) is 35.5 Å². The molecule has 1 aromatic carbocycles. The summed E-state index contributed by atoms with van der Waals surface area (Å²) < 4.78 is 7.03. The first kappa shape index (κ1) is 14.7. The second-order valence-electron chi connectivity index (χ2n) is 5.26. The van der Waals surface area contributed by atoms with Gasteiger partial charge in [-0.15, -0.1) is 5.10 Å². The monoisotopic (exact) mass is 274 g/mol. The van der Waals surface area contributed by atoms with Crippen LogP contribution in [0.2, 0.25) is 0 Å². The third kappa shape index (κ3) is 3.88. The molecule has 0 radical (unpaired) electrons. The standard InChI is InChI=1S/C15H22N4O/c1-12(2)8-16-9-15-10-17-18-19(15)14-6-4-5-13(7-14)11-20-3/h4-7,10,12,16H,8-9,11H2,1-3H3. The minimum absolute atomic E-state index is 0.601. The number of benzene rings is 1. The molecule has 0 saturated carbocycles. The zero-order chi connectivity index (χ0) is 14.4. The molecule has 0 aliphatic carbocycles. The second kappa shape index (κ2) is 7.17. The first-order valence-corrected chi connectivity index (χ1v) is 6.89. The van der Waals surface area contributed by atoms with Crippen LogP contribution in [0.25, 0.3) is 5.69 Å². The van der Waals surface area contributed by atoms with Crippen molar-refractivity contribution >= 4 is 0 Å². The lowest BCUT2D eigenvalue weighted by atomic mass is 10.2. The number of hydrogen-bond acceptors (Lipinski definition) is 4. The minimum atomic E-state index is 0.601. The molecule has 108 valence electrons. The van der Waals surface area contributed by atoms with Gasteiger partial charge in [-0.25, -0.2) is 4.68 Å². The van der Waals surface area contributed by atoms with Gasteiger partial charge in [-0.3, -0.25) is 0 Å². The van der Waals surface area contributed by atoms with Crippen molar-refractivity contribution in [3.63, 3.8) is 0 Å². The predicted octanol–water partition coefficient (Wildman–Crippen LogP) is 2.16. The SMILES string of the molecule is COCc1cccc(-n2nncc2CNCC(C)C)c1. The Labute approximate surface area is 120 Å². The van der Waals surface area contributed by atoms with Gasteiger partial charge >= 0.3 is 0 Å². The molecule has 20 heavy (non-hydrogen) atoms. The molecule has 0 fully saturated rings. The zero-order valence-corrected chi connectivity index (χ0v) is 12.3. The Morgan fingerprint density at radius 1 is 1.35 bits per heavy atom. The number of rotatable bonds is 7. The molecule has 5 nitrogen and oxygen atoms in total. The van der Waals surface area contributed by atoms with Crippen molar-refractivity contribution in [3.8, 4) is 5.69 Å². The van der Waals surface area contributed by atoms with Gasteiger partial charge < -0.3 is 10.1 Å². The van der Waals surface area contributed by atoms with Crippen LogP contribution in [0.3, 0.4) is 0 Å². The van der Waals surface area contributed by atoms with E-state index in [-0.39, 0.29) is 0 Å². The zero-order valence-electron chi connectivity index (χ0n) is 12.3. The van der Waals surface area contributed by atoms with E-state index >= 15 is 0 Å². The van der Waals surface area contributed by atoms with Crippen LogP contribution in [0.4, 0.5) is 0 Å². The Kier molecular flexibility index (Phi) is 5.26. The van der Waals surface area contributed by atoms with Gasteiger partial charge in [0.05, 0.1) is 24.2 Å². The molecule has 0 spiro atoms. The summed E-state index contributed by atoms with van der Waals surface area (Å²) in [6.07, 6.45) is 1.80. The molecular formula is C15H22N4O. The lowest BCUT2D eigenvalue weighted by Crippen LogP contribution is -2.20. The molecule has 5 heteroatoms. The summed E-state index contributed by atoms with van der Waals surface area (Å²) in [5, 5.41) is 11.6. The fourth-order valence-electron chi connectivity index (χ4n) is 2.03. The van der Waals surface area contributed by atoms with Crippen molar-refractivity contribution in [2.24, 2.45) is 5.92 Å². The van der Waals surface area contributed by atoms with Crippen LogP contribution in [0, 0.1) is 5.92 Å². The van der Waals surface area contributed by atoms with Gasteiger partial charge in [0.25, 0.3) is 0 Å². The van der Waals surface area contributed by atoms with Gasteiger partial charge in [-0.2, -0.15) is 0 Å². The quantitative estimate of drug-likeness (QED) is 0.840. The highest BCUT2D eigenvalue weighted by Gasteiger charge is 2.07. The highest BCUT2D eigenvalue weighted by atomic mass is 16.5. The third-order valence-electron chi connectivity index (χ3n) is 2.94. The molecule has 1 heterocycles. The molecular weight excluding hydrogens is 252 g/mol. The lowest BCUT2D eigenvalue weighted by Gasteiger charge is -2.10. The van der Waals surface area contributed by atoms with Crippen molar-refractivity contribution in [3.05, 3.63) is 41.7 Å². The van der Waals surface area contributed by atoms with Crippen LogP contribution in [0.1, 0.15) is 25.1 Å². The van der Waals surface area contributed by atoms with Gasteiger partial charge in [0.2, 0.25) is 0 Å². The number of hydrogen-bond donors (Lipinski definition) is 1. The van der Waals surface area contributed by atoms with E-state index in [0.717, 1.165) is 30.0 Å². The van der Waals surface area contributed by atoms with Crippen LogP contribution < -0.4 is 5.32 Å². The Bertz CT molecular complexity index is 536. The first-order valence-electron chi connectivity index (χ1n) is 6.89. The predicted molar refractivity (Wildman–Crippen MR) is 78.6 cm³/mol. The maximum atomic E-state index is 5.16. The van der Waals surface area contributed by atoms with E-state index in [4.69, 9.17) is 4.74 Å². The molecule has 0 saturated heterocycles. The normalized spacial score (nSPS) is 11.2. The van der Waals surface area contributed by atoms with Crippen molar-refractivity contribution in [1.82, 2.24) is 20.3 Å². The molecule has 1 aromatic heterocycles. The highest BCUT2D eigenvalue weighted by molar-refractivity contribution is 5.35. The Morgan fingerprint density at radius 2 is 2.20 bits per heavy atom. The summed E-state index contributed by atoms with van der Waals surface area (Å²) in [4.78, 5) is 0. The summed E-state index contributed by atoms with van der Waals surface area (Å²) in [6, 6.07) is 8.15. The van der Waals surface area contributed by atoms with Crippen molar-refractivity contribution < 1.29 is 4.74 Å². The molecule has 2 rings (SSSR count). The van der Waals surface area contributed by atoms with E-state index in [1.165, 1.54) is 0 Å². The molecule has 0 atom stereocenters. The maximum Gasteiger partial charge on any atom is 0.0783 e. The van der Waals surface area contributed by atoms with E-state index < -0.39 is 0 Å². The number of nitrogens with zero attached hydrogens (tertiary/aromatic N) is 3. The Morgan fingerprint density at radius 3 is 2.95 bits per heavy atom. The lowest BCUT2D eigenvalue weighted by molar-refractivity contribution is 0.185. The average Bonchev–Trinajstić information content (AvgIpc) is 2.87. The molecule has 1 N–H and O–H groups in total. The second-order valence-corrected chi connectivity index (χ2v) is 5.26. The van der Waals surface area contributed by atoms with Gasteiger partial charge in [0, 0.05) is 13.7 Å². The van der Waals surface area contributed by atoms with Gasteiger partial charge in [0.15, 0.2) is 0 Å². The molecule has 2 aromatic rings. The fraction of sp³-hybridized carbons (Fsp3) is 0.467. The van der Waals surface area contributed by atoms with Gasteiger partial charge in [-0.05, 0) is 30.2 Å². The molecule has 0 bridgehead atoms. The number of methoxy groups -OCH3 is 1. The summed E-state index contributed by atoms with van der Waals surface area (Å²) in [5.74, 6) is 0.629. The number of ether oxygens (including phenoxy) is 1. The van der Waals surface area contributed by atoms with E-state index in [1.807, 2.05) is 22.9 Å². The number of aromatic nitrogens is 3. The minimum Gasteiger partial charge on any atom is -0.380 e. The topological polar surface area (TPSA) is 52.0 Å². The van der Waals surface area contributed by atoms with E-state index in [0.29, 0.717) is 12.5 Å². The smallest absolute Gasteiger partial charge is 0.0783 e. The van der Waals surface area contributed by atoms with Crippen molar-refractivity contribution in [2.45, 2.75) is 27.0 Å². The summed E-state index contributed by atoms with van der Waals surface area (Å²) in [5.41, 5.74) is 3.19. The van der Waals surface area contributed by atoms with Crippen molar-refractivity contribution in [2.75, 3.05) is 13.7 Å². The first-order chi connectivity index (χ1) is 9.70.